The topological polar surface area (TPSA) is 53.0 Å². The lowest BCUT2D eigenvalue weighted by atomic mass is 10.0. The van der Waals surface area contributed by atoms with Crippen LogP contribution in [0.15, 0.2) is 48.5 Å². The van der Waals surface area contributed by atoms with Gasteiger partial charge in [0.05, 0.1) is 6.61 Å². The fourth-order valence-electron chi connectivity index (χ4n) is 4.03. The van der Waals surface area contributed by atoms with E-state index in [2.05, 4.69) is 28.0 Å². The fraction of sp³-hybridized carbons (Fsp3) is 0.458. The molecule has 0 radical (unpaired) electrons. The first-order valence-electron chi connectivity index (χ1n) is 10.5. The van der Waals surface area contributed by atoms with Gasteiger partial charge >= 0.3 is 0 Å². The van der Waals surface area contributed by atoms with Gasteiger partial charge in [-0.05, 0) is 38.0 Å². The molecular formula is C24H32N2O3. The van der Waals surface area contributed by atoms with E-state index in [-0.39, 0.29) is 12.4 Å². The third kappa shape index (κ3) is 5.89. The molecule has 1 aliphatic heterocycles. The number of rotatable bonds is 9. The van der Waals surface area contributed by atoms with Crippen LogP contribution in [0, 0.1) is 0 Å². The number of ketones is 1. The van der Waals surface area contributed by atoms with Crippen LogP contribution in [0.1, 0.15) is 41.8 Å². The van der Waals surface area contributed by atoms with E-state index >= 15 is 0 Å². The Kier molecular flexibility index (Phi) is 7.81. The molecule has 1 atom stereocenters. The van der Waals surface area contributed by atoms with Crippen LogP contribution in [0.25, 0.3) is 0 Å². The Morgan fingerprint density at radius 1 is 1.14 bits per heavy atom. The number of piperazine rings is 1. The van der Waals surface area contributed by atoms with E-state index in [1.807, 2.05) is 37.3 Å². The van der Waals surface area contributed by atoms with E-state index in [0.29, 0.717) is 12.6 Å². The Labute approximate surface area is 173 Å². The van der Waals surface area contributed by atoms with Crippen LogP contribution in [0.4, 0.5) is 0 Å². The summed E-state index contributed by atoms with van der Waals surface area (Å²) in [5.74, 6) is 1.05. The molecule has 0 amide bonds. The van der Waals surface area contributed by atoms with Crippen molar-refractivity contribution in [3.8, 4) is 5.75 Å². The zero-order valence-electron chi connectivity index (χ0n) is 17.5. The van der Waals surface area contributed by atoms with Crippen LogP contribution in [-0.4, -0.2) is 59.6 Å². The van der Waals surface area contributed by atoms with Gasteiger partial charge in [-0.1, -0.05) is 36.4 Å². The van der Waals surface area contributed by atoms with E-state index in [4.69, 9.17) is 4.74 Å². The lowest BCUT2D eigenvalue weighted by molar-refractivity contribution is 0.0494. The number of benzene rings is 2. The summed E-state index contributed by atoms with van der Waals surface area (Å²) < 4.78 is 5.79. The van der Waals surface area contributed by atoms with Crippen LogP contribution in [0.5, 0.6) is 5.75 Å². The number of aliphatic hydroxyl groups excluding tert-OH is 1. The number of ether oxygens (including phenoxy) is 1. The SMILES string of the molecule is CCOc1ccccc1CN1CCN(Cc2cccc(C(C)=O)c2)CC1CCO. The zero-order chi connectivity index (χ0) is 20.6. The number of Topliss-reactive ketones (excluding diaryl/α,β-unsaturated/α-hetero) is 1. The van der Waals surface area contributed by atoms with Gasteiger partial charge in [0.1, 0.15) is 5.75 Å². The molecule has 0 aliphatic carbocycles. The number of hydrogen-bond donors (Lipinski definition) is 1. The molecule has 156 valence electrons. The molecule has 5 nitrogen and oxygen atoms in total. The van der Waals surface area contributed by atoms with E-state index in [9.17, 15) is 9.90 Å². The highest BCUT2D eigenvalue weighted by Gasteiger charge is 2.27. The number of carbonyl (C=O) groups excluding carboxylic acids is 1. The van der Waals surface area contributed by atoms with Crippen LogP contribution >= 0.6 is 0 Å². The molecule has 1 fully saturated rings. The predicted molar refractivity (Wildman–Crippen MR) is 115 cm³/mol. The van der Waals surface area contributed by atoms with E-state index in [1.165, 1.54) is 5.56 Å². The second-order valence-corrected chi connectivity index (χ2v) is 7.67. The molecule has 29 heavy (non-hydrogen) atoms. The highest BCUT2D eigenvalue weighted by Crippen LogP contribution is 2.24. The van der Waals surface area contributed by atoms with Crippen LogP contribution in [-0.2, 0) is 13.1 Å². The molecule has 1 N–H and O–H groups in total. The number of aliphatic hydroxyl groups is 1. The lowest BCUT2D eigenvalue weighted by Gasteiger charge is -2.41. The van der Waals surface area contributed by atoms with E-state index in [0.717, 1.165) is 56.0 Å². The van der Waals surface area contributed by atoms with Crippen molar-refractivity contribution in [1.82, 2.24) is 9.80 Å². The Bertz CT molecular complexity index is 808. The average Bonchev–Trinajstić information content (AvgIpc) is 2.72. The highest BCUT2D eigenvalue weighted by molar-refractivity contribution is 5.94. The summed E-state index contributed by atoms with van der Waals surface area (Å²) in [6.07, 6.45) is 0.751. The monoisotopic (exact) mass is 396 g/mol. The summed E-state index contributed by atoms with van der Waals surface area (Å²) in [5, 5.41) is 9.61. The number of hydrogen-bond acceptors (Lipinski definition) is 5. The van der Waals surface area contributed by atoms with Crippen molar-refractivity contribution < 1.29 is 14.6 Å². The number of para-hydroxylation sites is 1. The zero-order valence-corrected chi connectivity index (χ0v) is 17.5. The van der Waals surface area contributed by atoms with Crippen molar-refractivity contribution in [2.45, 2.75) is 39.4 Å². The molecule has 1 saturated heterocycles. The first kappa shape index (κ1) is 21.5. The summed E-state index contributed by atoms with van der Waals surface area (Å²) in [6, 6.07) is 16.4. The van der Waals surface area contributed by atoms with Gasteiger partial charge in [0, 0.05) is 56.5 Å². The van der Waals surface area contributed by atoms with E-state index < -0.39 is 0 Å². The average molecular weight is 397 g/mol. The minimum atomic E-state index is 0.0998. The van der Waals surface area contributed by atoms with E-state index in [1.54, 1.807) is 6.92 Å². The summed E-state index contributed by atoms with van der Waals surface area (Å²) in [6.45, 7) is 8.91. The molecule has 1 unspecified atom stereocenters. The molecule has 5 heteroatoms. The smallest absolute Gasteiger partial charge is 0.159 e. The van der Waals surface area contributed by atoms with Crippen molar-refractivity contribution in [2.75, 3.05) is 32.8 Å². The maximum absolute atomic E-state index is 11.7. The predicted octanol–water partition coefficient (Wildman–Crippen LogP) is 3.36. The first-order valence-corrected chi connectivity index (χ1v) is 10.5. The van der Waals surface area contributed by atoms with Gasteiger partial charge in [0.25, 0.3) is 0 Å². The maximum atomic E-state index is 11.7. The molecular weight excluding hydrogens is 364 g/mol. The van der Waals surface area contributed by atoms with Gasteiger partial charge in [0.15, 0.2) is 5.78 Å². The molecule has 0 bridgehead atoms. The Hall–Kier alpha value is -2.21. The standard InChI is InChI=1S/C24H32N2O3/c1-3-29-24-10-5-4-8-22(24)17-26-13-12-25(18-23(26)11-14-27)16-20-7-6-9-21(15-20)19(2)28/h4-10,15,23,27H,3,11-14,16-18H2,1-2H3. The molecule has 0 spiro atoms. The molecule has 1 heterocycles. The Morgan fingerprint density at radius 2 is 1.97 bits per heavy atom. The maximum Gasteiger partial charge on any atom is 0.159 e. The quantitative estimate of drug-likeness (QED) is 0.659. The number of nitrogens with zero attached hydrogens (tertiary/aromatic N) is 2. The van der Waals surface area contributed by atoms with Gasteiger partial charge < -0.3 is 9.84 Å². The fourth-order valence-corrected chi connectivity index (χ4v) is 4.03. The molecule has 3 rings (SSSR count). The molecule has 2 aromatic carbocycles. The largest absolute Gasteiger partial charge is 0.494 e. The van der Waals surface area contributed by atoms with Crippen molar-refractivity contribution in [1.29, 1.82) is 0 Å². The van der Waals surface area contributed by atoms with Crippen LogP contribution in [0.2, 0.25) is 0 Å². The summed E-state index contributed by atoms with van der Waals surface area (Å²) in [7, 11) is 0. The molecule has 0 aromatic heterocycles. The minimum Gasteiger partial charge on any atom is -0.494 e. The molecule has 0 saturated carbocycles. The molecule has 2 aromatic rings. The van der Waals surface area contributed by atoms with Gasteiger partial charge in [-0.3, -0.25) is 14.6 Å². The minimum absolute atomic E-state index is 0.0998. The number of carbonyl (C=O) groups is 1. The summed E-state index contributed by atoms with van der Waals surface area (Å²) in [5.41, 5.74) is 3.12. The lowest BCUT2D eigenvalue weighted by Crippen LogP contribution is -2.52. The van der Waals surface area contributed by atoms with Crippen molar-refractivity contribution in [3.63, 3.8) is 0 Å². The van der Waals surface area contributed by atoms with Crippen LogP contribution < -0.4 is 4.74 Å². The second-order valence-electron chi connectivity index (χ2n) is 7.67. The van der Waals surface area contributed by atoms with Crippen molar-refractivity contribution in [3.05, 3.63) is 65.2 Å². The van der Waals surface area contributed by atoms with Gasteiger partial charge in [0.2, 0.25) is 0 Å². The van der Waals surface area contributed by atoms with Crippen LogP contribution in [0.3, 0.4) is 0 Å². The van der Waals surface area contributed by atoms with Crippen molar-refractivity contribution in [2.24, 2.45) is 0 Å². The van der Waals surface area contributed by atoms with Gasteiger partial charge in [-0.25, -0.2) is 0 Å². The Morgan fingerprint density at radius 3 is 2.72 bits per heavy atom. The Balaban J connectivity index is 1.66. The second kappa shape index (κ2) is 10.5. The summed E-state index contributed by atoms with van der Waals surface area (Å²) in [4.78, 5) is 16.5. The van der Waals surface area contributed by atoms with Crippen molar-refractivity contribution >= 4 is 5.78 Å². The van der Waals surface area contributed by atoms with Gasteiger partial charge in [-0.15, -0.1) is 0 Å². The first-order chi connectivity index (χ1) is 14.1. The third-order valence-corrected chi connectivity index (χ3v) is 5.54. The molecule has 1 aliphatic rings. The van der Waals surface area contributed by atoms with Gasteiger partial charge in [-0.2, -0.15) is 0 Å². The highest BCUT2D eigenvalue weighted by atomic mass is 16.5. The third-order valence-electron chi connectivity index (χ3n) is 5.54. The summed E-state index contributed by atoms with van der Waals surface area (Å²) >= 11 is 0. The normalized spacial score (nSPS) is 18.0.